The van der Waals surface area contributed by atoms with Crippen LogP contribution in [-0.2, 0) is 11.3 Å². The Labute approximate surface area is 98.0 Å². The molecule has 0 bridgehead atoms. The minimum Gasteiger partial charge on any atom is -0.380 e. The van der Waals surface area contributed by atoms with Crippen molar-refractivity contribution in [3.8, 4) is 11.8 Å². The number of nitrogens with one attached hydrogen (secondary N) is 1. The normalized spacial score (nSPS) is 9.62. The van der Waals surface area contributed by atoms with E-state index in [4.69, 9.17) is 4.74 Å². The Bertz CT molecular complexity index is 362. The molecule has 2 nitrogen and oxygen atoms in total. The van der Waals surface area contributed by atoms with Gasteiger partial charge in [-0.15, -0.1) is 0 Å². The first-order valence-electron chi connectivity index (χ1n) is 5.65. The highest BCUT2D eigenvalue weighted by molar-refractivity contribution is 5.40. The van der Waals surface area contributed by atoms with Crippen molar-refractivity contribution < 1.29 is 4.74 Å². The maximum absolute atomic E-state index is 5.13. The van der Waals surface area contributed by atoms with Gasteiger partial charge in [0, 0.05) is 25.6 Å². The van der Waals surface area contributed by atoms with Gasteiger partial charge in [0.1, 0.15) is 0 Å². The standard InChI is InChI=1S/C14H19NO/c1-3-15-11-7-6-9-13-8-4-5-10-14(13)12-16-2/h4-5,8,10,15H,3,7,11-12H2,1-2H3. The van der Waals surface area contributed by atoms with Crippen molar-refractivity contribution in [3.63, 3.8) is 0 Å². The summed E-state index contributed by atoms with van der Waals surface area (Å²) in [5.41, 5.74) is 2.22. The van der Waals surface area contributed by atoms with E-state index in [1.54, 1.807) is 7.11 Å². The van der Waals surface area contributed by atoms with Gasteiger partial charge in [-0.25, -0.2) is 0 Å². The molecule has 1 aromatic carbocycles. The van der Waals surface area contributed by atoms with Crippen LogP contribution in [0.25, 0.3) is 0 Å². The lowest BCUT2D eigenvalue weighted by molar-refractivity contribution is 0.184. The third-order valence-electron chi connectivity index (χ3n) is 2.22. The molecule has 0 spiro atoms. The van der Waals surface area contributed by atoms with Crippen LogP contribution in [0, 0.1) is 11.8 Å². The van der Waals surface area contributed by atoms with E-state index in [9.17, 15) is 0 Å². The molecule has 1 aromatic rings. The van der Waals surface area contributed by atoms with Crippen LogP contribution in [0.5, 0.6) is 0 Å². The van der Waals surface area contributed by atoms with Gasteiger partial charge in [-0.1, -0.05) is 37.0 Å². The second-order valence-corrected chi connectivity index (χ2v) is 3.50. The summed E-state index contributed by atoms with van der Waals surface area (Å²) < 4.78 is 5.13. The summed E-state index contributed by atoms with van der Waals surface area (Å²) in [5.74, 6) is 6.35. The summed E-state index contributed by atoms with van der Waals surface area (Å²) in [5, 5.41) is 3.25. The van der Waals surface area contributed by atoms with Gasteiger partial charge < -0.3 is 10.1 Å². The molecule has 16 heavy (non-hydrogen) atoms. The number of hydrogen-bond acceptors (Lipinski definition) is 2. The van der Waals surface area contributed by atoms with Crippen LogP contribution >= 0.6 is 0 Å². The van der Waals surface area contributed by atoms with Crippen LogP contribution in [-0.4, -0.2) is 20.2 Å². The third-order valence-corrected chi connectivity index (χ3v) is 2.22. The van der Waals surface area contributed by atoms with E-state index < -0.39 is 0 Å². The molecule has 0 saturated heterocycles. The van der Waals surface area contributed by atoms with Gasteiger partial charge in [-0.3, -0.25) is 0 Å². The van der Waals surface area contributed by atoms with E-state index in [-0.39, 0.29) is 0 Å². The Hall–Kier alpha value is -1.30. The second-order valence-electron chi connectivity index (χ2n) is 3.50. The highest BCUT2D eigenvalue weighted by atomic mass is 16.5. The van der Waals surface area contributed by atoms with Crippen molar-refractivity contribution in [2.24, 2.45) is 0 Å². The summed E-state index contributed by atoms with van der Waals surface area (Å²) in [7, 11) is 1.70. The monoisotopic (exact) mass is 217 g/mol. The third kappa shape index (κ3) is 4.48. The number of rotatable bonds is 5. The molecular formula is C14H19NO. The van der Waals surface area contributed by atoms with Crippen molar-refractivity contribution in [3.05, 3.63) is 35.4 Å². The van der Waals surface area contributed by atoms with Crippen molar-refractivity contribution in [1.29, 1.82) is 0 Å². The molecule has 0 aromatic heterocycles. The number of methoxy groups -OCH3 is 1. The predicted molar refractivity (Wildman–Crippen MR) is 67.2 cm³/mol. The van der Waals surface area contributed by atoms with Gasteiger partial charge in [0.15, 0.2) is 0 Å². The lowest BCUT2D eigenvalue weighted by Crippen LogP contribution is -2.13. The summed E-state index contributed by atoms with van der Waals surface area (Å²) in [6.07, 6.45) is 0.884. The Morgan fingerprint density at radius 2 is 2.12 bits per heavy atom. The predicted octanol–water partition coefficient (Wildman–Crippen LogP) is 2.18. The minimum absolute atomic E-state index is 0.623. The quantitative estimate of drug-likeness (QED) is 0.603. The van der Waals surface area contributed by atoms with Gasteiger partial charge in [0.2, 0.25) is 0 Å². The lowest BCUT2D eigenvalue weighted by Gasteiger charge is -2.01. The molecule has 0 aliphatic rings. The van der Waals surface area contributed by atoms with Gasteiger partial charge in [0.25, 0.3) is 0 Å². The first-order valence-corrected chi connectivity index (χ1v) is 5.65. The molecule has 0 aliphatic carbocycles. The fourth-order valence-corrected chi connectivity index (χ4v) is 1.41. The molecule has 1 rings (SSSR count). The molecule has 0 radical (unpaired) electrons. The van der Waals surface area contributed by atoms with Gasteiger partial charge in [0.05, 0.1) is 6.61 Å². The molecule has 0 heterocycles. The summed E-state index contributed by atoms with van der Waals surface area (Å²) in [4.78, 5) is 0. The fourth-order valence-electron chi connectivity index (χ4n) is 1.41. The van der Waals surface area contributed by atoms with Crippen molar-refractivity contribution in [2.45, 2.75) is 20.0 Å². The highest BCUT2D eigenvalue weighted by Crippen LogP contribution is 2.08. The molecule has 0 amide bonds. The zero-order valence-corrected chi connectivity index (χ0v) is 10.0. The van der Waals surface area contributed by atoms with Crippen molar-refractivity contribution in [2.75, 3.05) is 20.2 Å². The molecular weight excluding hydrogens is 198 g/mol. The van der Waals surface area contributed by atoms with E-state index in [0.717, 1.165) is 30.6 Å². The largest absolute Gasteiger partial charge is 0.380 e. The van der Waals surface area contributed by atoms with Crippen LogP contribution in [0.3, 0.4) is 0 Å². The Kier molecular flexibility index (Phi) is 6.32. The average molecular weight is 217 g/mol. The minimum atomic E-state index is 0.623. The lowest BCUT2D eigenvalue weighted by atomic mass is 10.1. The smallest absolute Gasteiger partial charge is 0.0725 e. The maximum atomic E-state index is 5.13. The molecule has 0 unspecified atom stereocenters. The number of benzene rings is 1. The summed E-state index contributed by atoms with van der Waals surface area (Å²) >= 11 is 0. The fraction of sp³-hybridized carbons (Fsp3) is 0.429. The number of hydrogen-bond donors (Lipinski definition) is 1. The average Bonchev–Trinajstić information content (AvgIpc) is 2.31. The highest BCUT2D eigenvalue weighted by Gasteiger charge is 1.96. The second kappa shape index (κ2) is 7.92. The maximum Gasteiger partial charge on any atom is 0.0725 e. The van der Waals surface area contributed by atoms with Crippen LogP contribution in [0.1, 0.15) is 24.5 Å². The Morgan fingerprint density at radius 1 is 1.31 bits per heavy atom. The van der Waals surface area contributed by atoms with Crippen LogP contribution < -0.4 is 5.32 Å². The van der Waals surface area contributed by atoms with Crippen LogP contribution in [0.4, 0.5) is 0 Å². The van der Waals surface area contributed by atoms with Crippen LogP contribution in [0.2, 0.25) is 0 Å². The molecule has 0 saturated carbocycles. The Balaban J connectivity index is 2.57. The van der Waals surface area contributed by atoms with E-state index in [1.165, 1.54) is 0 Å². The molecule has 0 fully saturated rings. The molecule has 0 atom stereocenters. The Morgan fingerprint density at radius 3 is 2.88 bits per heavy atom. The topological polar surface area (TPSA) is 21.3 Å². The van der Waals surface area contributed by atoms with Gasteiger partial charge >= 0.3 is 0 Å². The van der Waals surface area contributed by atoms with E-state index in [1.807, 2.05) is 18.2 Å². The zero-order valence-electron chi connectivity index (χ0n) is 10.0. The molecule has 0 aliphatic heterocycles. The molecule has 1 N–H and O–H groups in total. The molecule has 2 heteroatoms. The van der Waals surface area contributed by atoms with E-state index in [0.29, 0.717) is 6.61 Å². The van der Waals surface area contributed by atoms with Crippen molar-refractivity contribution in [1.82, 2.24) is 5.32 Å². The first kappa shape index (κ1) is 12.8. The van der Waals surface area contributed by atoms with E-state index >= 15 is 0 Å². The SMILES string of the molecule is CCNCCC#Cc1ccccc1COC. The van der Waals surface area contributed by atoms with Gasteiger partial charge in [-0.2, -0.15) is 0 Å². The van der Waals surface area contributed by atoms with E-state index in [2.05, 4.69) is 30.1 Å². The summed E-state index contributed by atoms with van der Waals surface area (Å²) in [6, 6.07) is 8.11. The molecule has 86 valence electrons. The zero-order chi connectivity index (χ0) is 11.6. The first-order chi connectivity index (χ1) is 7.88. The van der Waals surface area contributed by atoms with Crippen molar-refractivity contribution >= 4 is 0 Å². The summed E-state index contributed by atoms with van der Waals surface area (Å²) in [6.45, 7) is 4.68. The van der Waals surface area contributed by atoms with Crippen LogP contribution in [0.15, 0.2) is 24.3 Å². The van der Waals surface area contributed by atoms with Gasteiger partial charge in [-0.05, 0) is 18.2 Å². The number of ether oxygens (including phenoxy) is 1.